The lowest BCUT2D eigenvalue weighted by Crippen LogP contribution is -1.71. The predicted molar refractivity (Wildman–Crippen MR) is 32.9 cm³/mol. The molecule has 0 bridgehead atoms. The molecule has 0 amide bonds. The molecule has 1 aliphatic rings. The van der Waals surface area contributed by atoms with Crippen molar-refractivity contribution in [2.75, 3.05) is 6.26 Å². The highest BCUT2D eigenvalue weighted by atomic mass is 32.2. The van der Waals surface area contributed by atoms with Crippen molar-refractivity contribution in [3.05, 3.63) is 0 Å². The van der Waals surface area contributed by atoms with Gasteiger partial charge in [0.1, 0.15) is 0 Å². The minimum atomic E-state index is -0.702. The van der Waals surface area contributed by atoms with Crippen molar-refractivity contribution in [2.24, 2.45) is 4.36 Å². The van der Waals surface area contributed by atoms with Crippen molar-refractivity contribution in [3.63, 3.8) is 0 Å². The van der Waals surface area contributed by atoms with Crippen LogP contribution < -0.4 is 0 Å². The fraction of sp³-hybridized carbons (Fsp3) is 1.00. The van der Waals surface area contributed by atoms with Gasteiger partial charge in [0.15, 0.2) is 0 Å². The molecular formula is C4H10N2S. The topological polar surface area (TPSA) is 36.2 Å². The maximum Gasteiger partial charge on any atom is 0.0576 e. The highest BCUT2D eigenvalue weighted by molar-refractivity contribution is 7.75. The third-order valence-corrected chi connectivity index (χ3v) is 1.56. The van der Waals surface area contributed by atoms with Gasteiger partial charge >= 0.3 is 0 Å². The second kappa shape index (κ2) is 1.82. The number of nitrogens with zero attached hydrogens (tertiary/aromatic N) is 1. The Morgan fingerprint density at radius 2 is 2.29 bits per heavy atom. The van der Waals surface area contributed by atoms with Gasteiger partial charge in [-0.2, -0.15) is 0 Å². The zero-order chi connectivity index (χ0) is 5.28. The molecule has 1 atom stereocenters. The summed E-state index contributed by atoms with van der Waals surface area (Å²) in [6, 6.07) is 0.591. The third kappa shape index (κ3) is 1.92. The van der Waals surface area contributed by atoms with Crippen LogP contribution in [0.1, 0.15) is 12.8 Å². The minimum Gasteiger partial charge on any atom is -0.273 e. The molecule has 7 heavy (non-hydrogen) atoms. The van der Waals surface area contributed by atoms with Crippen molar-refractivity contribution in [3.8, 4) is 0 Å². The quantitative estimate of drug-likeness (QED) is 0.483. The average Bonchev–Trinajstić information content (AvgIpc) is 2.17. The van der Waals surface area contributed by atoms with Crippen molar-refractivity contribution in [1.82, 2.24) is 0 Å². The summed E-state index contributed by atoms with van der Waals surface area (Å²) in [5.41, 5.74) is 0. The second-order valence-corrected chi connectivity index (χ2v) is 3.15. The number of nitrogens with one attached hydrogen (secondary N) is 1. The predicted octanol–water partition coefficient (Wildman–Crippen LogP) is 1.08. The van der Waals surface area contributed by atoms with Gasteiger partial charge in [-0.1, -0.05) is 10.5 Å². The van der Waals surface area contributed by atoms with E-state index in [1.807, 2.05) is 6.26 Å². The Hall–Kier alpha value is -0.0500. The van der Waals surface area contributed by atoms with Gasteiger partial charge in [0.05, 0.1) is 6.04 Å². The monoisotopic (exact) mass is 118 g/mol. The number of rotatable bonds is 1. The third-order valence-electron chi connectivity index (χ3n) is 0.883. The Balaban J connectivity index is 2.44. The Morgan fingerprint density at radius 3 is 2.43 bits per heavy atom. The first-order valence-electron chi connectivity index (χ1n) is 2.45. The molecule has 1 saturated carbocycles. The van der Waals surface area contributed by atoms with Gasteiger partial charge in [0.2, 0.25) is 0 Å². The van der Waals surface area contributed by atoms with Crippen LogP contribution in [-0.4, -0.2) is 12.3 Å². The highest BCUT2D eigenvalue weighted by Gasteiger charge is 2.18. The molecule has 0 aromatic carbocycles. The van der Waals surface area contributed by atoms with Crippen LogP contribution in [0.3, 0.4) is 0 Å². The second-order valence-electron chi connectivity index (χ2n) is 1.87. The number of hydrogen-bond donors (Lipinski definition) is 2. The Labute approximate surface area is 45.6 Å². The first kappa shape index (κ1) is 5.09. The van der Waals surface area contributed by atoms with Crippen LogP contribution in [0.25, 0.3) is 0 Å². The molecule has 0 saturated heterocycles. The zero-order valence-corrected chi connectivity index (χ0v) is 5.28. The Kier molecular flexibility index (Phi) is 1.32. The van der Waals surface area contributed by atoms with Crippen LogP contribution in [-0.2, 0) is 10.5 Å². The molecule has 1 rings (SSSR count). The van der Waals surface area contributed by atoms with E-state index in [9.17, 15) is 0 Å². The largest absolute Gasteiger partial charge is 0.273 e. The maximum atomic E-state index is 7.05. The number of thiol groups is 1. The van der Waals surface area contributed by atoms with Crippen molar-refractivity contribution in [1.29, 1.82) is 4.78 Å². The minimum absolute atomic E-state index is 0.591. The fourth-order valence-corrected chi connectivity index (χ4v) is 1.16. The van der Waals surface area contributed by atoms with Crippen LogP contribution >= 0.6 is 0 Å². The molecule has 3 heteroatoms. The molecule has 0 aliphatic heterocycles. The van der Waals surface area contributed by atoms with Crippen LogP contribution in [0.5, 0.6) is 0 Å². The molecule has 1 unspecified atom stereocenters. The molecule has 1 fully saturated rings. The van der Waals surface area contributed by atoms with Gasteiger partial charge in [-0.15, -0.1) is 0 Å². The summed E-state index contributed by atoms with van der Waals surface area (Å²) in [7, 11) is -0.702. The van der Waals surface area contributed by atoms with Gasteiger partial charge in [-0.3, -0.25) is 9.14 Å². The van der Waals surface area contributed by atoms with Crippen LogP contribution in [0, 0.1) is 4.78 Å². The highest BCUT2D eigenvalue weighted by Crippen LogP contribution is 2.23. The van der Waals surface area contributed by atoms with E-state index in [2.05, 4.69) is 4.36 Å². The van der Waals surface area contributed by atoms with E-state index in [-0.39, 0.29) is 0 Å². The van der Waals surface area contributed by atoms with Gasteiger partial charge in [0, 0.05) is 0 Å². The summed E-state index contributed by atoms with van der Waals surface area (Å²) in [5, 5.41) is 0. The van der Waals surface area contributed by atoms with Gasteiger partial charge in [-0.05, 0) is 19.1 Å². The first-order valence-corrected chi connectivity index (χ1v) is 4.19. The first-order chi connectivity index (χ1) is 3.29. The SMILES string of the molecule is C/[SH](=N)=N/C1CC1. The number of hydrogen-bond acceptors (Lipinski definition) is 2. The van der Waals surface area contributed by atoms with Gasteiger partial charge in [0.25, 0.3) is 0 Å². The van der Waals surface area contributed by atoms with E-state index < -0.39 is 10.5 Å². The molecule has 2 nitrogen and oxygen atoms in total. The molecule has 1 N–H and O–H groups in total. The van der Waals surface area contributed by atoms with Gasteiger partial charge < -0.3 is 0 Å². The molecular weight excluding hydrogens is 108 g/mol. The van der Waals surface area contributed by atoms with E-state index >= 15 is 0 Å². The summed E-state index contributed by atoms with van der Waals surface area (Å²) in [6.07, 6.45) is 4.35. The van der Waals surface area contributed by atoms with Crippen LogP contribution in [0.15, 0.2) is 4.36 Å². The van der Waals surface area contributed by atoms with Crippen molar-refractivity contribution < 1.29 is 0 Å². The van der Waals surface area contributed by atoms with Gasteiger partial charge in [-0.25, -0.2) is 0 Å². The summed E-state index contributed by atoms with van der Waals surface area (Å²) in [5.74, 6) is 0. The summed E-state index contributed by atoms with van der Waals surface area (Å²) in [6.45, 7) is 0. The Bertz CT molecular complexity index is 131. The molecule has 42 valence electrons. The standard InChI is InChI=1S/C4H10N2S/c1-7(5)6-4-2-3-4/h4-5,7H,2-3H2,1H3. The smallest absolute Gasteiger partial charge is 0.0576 e. The summed E-state index contributed by atoms with van der Waals surface area (Å²) < 4.78 is 11.2. The summed E-state index contributed by atoms with van der Waals surface area (Å²) in [4.78, 5) is 0. The van der Waals surface area contributed by atoms with E-state index in [1.165, 1.54) is 12.8 Å². The molecule has 1 aliphatic carbocycles. The summed E-state index contributed by atoms with van der Waals surface area (Å²) >= 11 is 0. The van der Waals surface area contributed by atoms with E-state index in [4.69, 9.17) is 4.78 Å². The fourth-order valence-electron chi connectivity index (χ4n) is 0.435. The normalized spacial score (nSPS) is 25.3. The molecule has 0 radical (unpaired) electrons. The van der Waals surface area contributed by atoms with E-state index in [0.29, 0.717) is 6.04 Å². The molecule has 0 heterocycles. The molecule has 0 spiro atoms. The van der Waals surface area contributed by atoms with Crippen LogP contribution in [0.2, 0.25) is 0 Å². The van der Waals surface area contributed by atoms with E-state index in [0.717, 1.165) is 0 Å². The molecule has 0 aromatic heterocycles. The lowest BCUT2D eigenvalue weighted by Gasteiger charge is -1.78. The van der Waals surface area contributed by atoms with Crippen molar-refractivity contribution in [2.45, 2.75) is 18.9 Å². The zero-order valence-electron chi connectivity index (χ0n) is 4.39. The van der Waals surface area contributed by atoms with Crippen molar-refractivity contribution >= 4 is 10.5 Å². The maximum absolute atomic E-state index is 7.05. The van der Waals surface area contributed by atoms with E-state index in [1.54, 1.807) is 0 Å². The average molecular weight is 118 g/mol. The van der Waals surface area contributed by atoms with Crippen LogP contribution in [0.4, 0.5) is 0 Å². The molecule has 0 aromatic rings. The Morgan fingerprint density at radius 1 is 1.71 bits per heavy atom. The lowest BCUT2D eigenvalue weighted by molar-refractivity contribution is 1.09. The lowest BCUT2D eigenvalue weighted by atomic mass is 10.8.